The molecule has 9 nitrogen and oxygen atoms in total. The molecular formula is C17H25N3O6S. The van der Waals surface area contributed by atoms with Crippen molar-refractivity contribution in [3.63, 3.8) is 0 Å². The molecule has 1 saturated heterocycles. The van der Waals surface area contributed by atoms with Gasteiger partial charge in [-0.05, 0) is 46.6 Å². The minimum atomic E-state index is -4.13. The summed E-state index contributed by atoms with van der Waals surface area (Å²) in [5.74, 6) is 0. The Morgan fingerprint density at radius 3 is 2.59 bits per heavy atom. The molecule has 150 valence electrons. The number of amides is 1. The predicted octanol–water partition coefficient (Wildman–Crippen LogP) is 2.66. The molecule has 1 N–H and O–H groups in total. The second-order valence-electron chi connectivity index (χ2n) is 7.52. The smallest absolute Gasteiger partial charge is 0.410 e. The average molecular weight is 399 g/mol. The topological polar surface area (TPSA) is 119 Å². The zero-order chi connectivity index (χ0) is 20.4. The minimum absolute atomic E-state index is 0.391. The van der Waals surface area contributed by atoms with Gasteiger partial charge in [0.15, 0.2) is 4.90 Å². The number of carbonyl (C=O) groups excluding carboxylic acids is 1. The molecular weight excluding hydrogens is 374 g/mol. The second kappa shape index (κ2) is 7.81. The third-order valence-electron chi connectivity index (χ3n) is 4.20. The molecule has 1 amide bonds. The van der Waals surface area contributed by atoms with E-state index in [9.17, 15) is 23.3 Å². The molecule has 1 aliphatic heterocycles. The highest BCUT2D eigenvalue weighted by molar-refractivity contribution is 7.89. The van der Waals surface area contributed by atoms with Crippen LogP contribution in [0, 0.1) is 10.1 Å². The number of ether oxygens (including phenoxy) is 1. The van der Waals surface area contributed by atoms with E-state index in [0.717, 1.165) is 12.5 Å². The number of hydrogen-bond donors (Lipinski definition) is 1. The van der Waals surface area contributed by atoms with Gasteiger partial charge in [-0.25, -0.2) is 17.9 Å². The summed E-state index contributed by atoms with van der Waals surface area (Å²) in [4.78, 5) is 23.9. The van der Waals surface area contributed by atoms with Gasteiger partial charge >= 0.3 is 6.09 Å². The van der Waals surface area contributed by atoms with Crippen LogP contribution in [0.4, 0.5) is 10.5 Å². The van der Waals surface area contributed by atoms with Crippen LogP contribution >= 0.6 is 0 Å². The van der Waals surface area contributed by atoms with Gasteiger partial charge in [0.25, 0.3) is 5.69 Å². The van der Waals surface area contributed by atoms with E-state index in [1.54, 1.807) is 27.7 Å². The lowest BCUT2D eigenvalue weighted by atomic mass is 10.1. The second-order valence-corrected chi connectivity index (χ2v) is 9.20. The highest BCUT2D eigenvalue weighted by Gasteiger charge is 2.37. The zero-order valence-electron chi connectivity index (χ0n) is 15.8. The largest absolute Gasteiger partial charge is 0.444 e. The normalized spacial score (nSPS) is 19.0. The number of sulfonamides is 1. The maximum absolute atomic E-state index is 12.7. The van der Waals surface area contributed by atoms with E-state index >= 15 is 0 Å². The van der Waals surface area contributed by atoms with Gasteiger partial charge in [0.1, 0.15) is 5.60 Å². The molecule has 0 bridgehead atoms. The Morgan fingerprint density at radius 1 is 1.37 bits per heavy atom. The zero-order valence-corrected chi connectivity index (χ0v) is 16.7. The van der Waals surface area contributed by atoms with Crippen LogP contribution in [0.25, 0.3) is 0 Å². The van der Waals surface area contributed by atoms with Crippen molar-refractivity contribution in [1.82, 2.24) is 9.62 Å². The highest BCUT2D eigenvalue weighted by Crippen LogP contribution is 2.26. The van der Waals surface area contributed by atoms with Crippen LogP contribution in [0.3, 0.4) is 0 Å². The van der Waals surface area contributed by atoms with Gasteiger partial charge in [-0.3, -0.25) is 10.1 Å². The van der Waals surface area contributed by atoms with E-state index in [-0.39, 0.29) is 0 Å². The van der Waals surface area contributed by atoms with Crippen molar-refractivity contribution in [2.24, 2.45) is 0 Å². The van der Waals surface area contributed by atoms with Crippen LogP contribution in [0.2, 0.25) is 0 Å². The standard InChI is InChI=1S/C17H25N3O6S/c1-12(13-9-7-11-19(13)16(21)26-17(2,3)4)18-27(24,25)15-10-6-5-8-14(15)20(22)23/h5-6,8,10,12-13,18H,7,9,11H2,1-4H3/t12-,13-/m0/s1. The Balaban J connectivity index is 2.19. The number of rotatable bonds is 5. The van der Waals surface area contributed by atoms with Gasteiger partial charge in [0, 0.05) is 18.7 Å². The molecule has 0 aromatic heterocycles. The van der Waals surface area contributed by atoms with E-state index in [0.29, 0.717) is 13.0 Å². The molecule has 1 aromatic rings. The van der Waals surface area contributed by atoms with Crippen molar-refractivity contribution in [2.45, 2.75) is 63.1 Å². The van der Waals surface area contributed by atoms with E-state index in [1.165, 1.54) is 23.1 Å². The number of carbonyl (C=O) groups is 1. The number of likely N-dealkylation sites (tertiary alicyclic amines) is 1. The maximum Gasteiger partial charge on any atom is 0.410 e. The molecule has 1 aliphatic rings. The van der Waals surface area contributed by atoms with Crippen molar-refractivity contribution < 1.29 is 22.9 Å². The Hall–Kier alpha value is -2.20. The van der Waals surface area contributed by atoms with Gasteiger partial charge in [0.05, 0.1) is 11.0 Å². The highest BCUT2D eigenvalue weighted by atomic mass is 32.2. The first-order valence-electron chi connectivity index (χ1n) is 8.68. The maximum atomic E-state index is 12.7. The van der Waals surface area contributed by atoms with Crippen molar-refractivity contribution in [2.75, 3.05) is 6.54 Å². The molecule has 0 spiro atoms. The molecule has 0 saturated carbocycles. The SMILES string of the molecule is C[C@H](NS(=O)(=O)c1ccccc1[N+](=O)[O-])[C@@H]1CCCN1C(=O)OC(C)(C)C. The van der Waals surface area contributed by atoms with Crippen LogP contribution < -0.4 is 4.72 Å². The summed E-state index contributed by atoms with van der Waals surface area (Å²) in [6.07, 6.45) is 0.836. The fourth-order valence-electron chi connectivity index (χ4n) is 3.08. The third-order valence-corrected chi connectivity index (χ3v) is 5.80. The van der Waals surface area contributed by atoms with Crippen LogP contribution in [0.5, 0.6) is 0 Å². The van der Waals surface area contributed by atoms with Crippen LogP contribution in [0.1, 0.15) is 40.5 Å². The van der Waals surface area contributed by atoms with E-state index in [1.807, 2.05) is 0 Å². The third kappa shape index (κ3) is 5.16. The van der Waals surface area contributed by atoms with Crippen molar-refractivity contribution in [1.29, 1.82) is 0 Å². The summed E-state index contributed by atoms with van der Waals surface area (Å²) in [7, 11) is -4.13. The van der Waals surface area contributed by atoms with E-state index < -0.39 is 49.3 Å². The summed E-state index contributed by atoms with van der Waals surface area (Å²) in [6, 6.07) is 4.13. The summed E-state index contributed by atoms with van der Waals surface area (Å²) in [5.41, 5.74) is -1.15. The lowest BCUT2D eigenvalue weighted by Crippen LogP contribution is -2.50. The first kappa shape index (κ1) is 21.1. The molecule has 27 heavy (non-hydrogen) atoms. The number of nitrogens with one attached hydrogen (secondary N) is 1. The monoisotopic (exact) mass is 399 g/mol. The van der Waals surface area contributed by atoms with Gasteiger partial charge in [-0.2, -0.15) is 0 Å². The first-order chi connectivity index (χ1) is 12.4. The Bertz CT molecular complexity index is 818. The molecule has 0 unspecified atom stereocenters. The van der Waals surface area contributed by atoms with Crippen molar-refractivity contribution >= 4 is 21.8 Å². The van der Waals surface area contributed by atoms with Crippen LogP contribution in [-0.4, -0.2) is 48.6 Å². The van der Waals surface area contributed by atoms with E-state index in [4.69, 9.17) is 4.74 Å². The molecule has 2 atom stereocenters. The summed E-state index contributed by atoms with van der Waals surface area (Å²) in [6.45, 7) is 7.39. The van der Waals surface area contributed by atoms with Gasteiger partial charge in [0.2, 0.25) is 10.0 Å². The number of hydrogen-bond acceptors (Lipinski definition) is 6. The fourth-order valence-corrected chi connectivity index (χ4v) is 4.53. The van der Waals surface area contributed by atoms with Gasteiger partial charge < -0.3 is 9.64 Å². The number of nitro groups is 1. The number of benzene rings is 1. The molecule has 2 rings (SSSR count). The first-order valence-corrected chi connectivity index (χ1v) is 10.2. The average Bonchev–Trinajstić information content (AvgIpc) is 3.02. The van der Waals surface area contributed by atoms with Gasteiger partial charge in [-0.1, -0.05) is 12.1 Å². The van der Waals surface area contributed by atoms with Crippen LogP contribution in [-0.2, 0) is 14.8 Å². The molecule has 10 heteroatoms. The van der Waals surface area contributed by atoms with Crippen molar-refractivity contribution in [3.05, 3.63) is 34.4 Å². The van der Waals surface area contributed by atoms with Crippen molar-refractivity contribution in [3.8, 4) is 0 Å². The summed E-state index contributed by atoms with van der Waals surface area (Å²) < 4.78 is 33.2. The lowest BCUT2D eigenvalue weighted by Gasteiger charge is -2.31. The number of nitro benzene ring substituents is 1. The van der Waals surface area contributed by atoms with Gasteiger partial charge in [-0.15, -0.1) is 0 Å². The fraction of sp³-hybridized carbons (Fsp3) is 0.588. The quantitative estimate of drug-likeness (QED) is 0.600. The molecule has 0 aliphatic carbocycles. The predicted molar refractivity (Wildman–Crippen MR) is 98.8 cm³/mol. The minimum Gasteiger partial charge on any atom is -0.444 e. The van der Waals surface area contributed by atoms with Crippen LogP contribution in [0.15, 0.2) is 29.2 Å². The molecule has 1 fully saturated rings. The molecule has 1 heterocycles. The summed E-state index contributed by atoms with van der Waals surface area (Å²) in [5, 5.41) is 11.1. The molecule has 0 radical (unpaired) electrons. The Labute approximate surface area is 158 Å². The Morgan fingerprint density at radius 2 is 2.00 bits per heavy atom. The molecule has 1 aromatic carbocycles. The number of para-hydroxylation sites is 1. The van der Waals surface area contributed by atoms with E-state index in [2.05, 4.69) is 4.72 Å². The lowest BCUT2D eigenvalue weighted by molar-refractivity contribution is -0.387. The number of nitrogens with zero attached hydrogens (tertiary/aromatic N) is 2. The Kier molecular flexibility index (Phi) is 6.10. The summed E-state index contributed by atoms with van der Waals surface area (Å²) >= 11 is 0.